The van der Waals surface area contributed by atoms with Crippen molar-refractivity contribution in [1.29, 1.82) is 0 Å². The minimum atomic E-state index is -0.0281. The van der Waals surface area contributed by atoms with Crippen molar-refractivity contribution in [3.8, 4) is 0 Å². The molecule has 2 nitrogen and oxygen atoms in total. The zero-order chi connectivity index (χ0) is 10.4. The highest BCUT2D eigenvalue weighted by molar-refractivity contribution is 5.81. The van der Waals surface area contributed by atoms with Gasteiger partial charge >= 0.3 is 5.97 Å². The third-order valence-electron chi connectivity index (χ3n) is 3.72. The van der Waals surface area contributed by atoms with Crippen molar-refractivity contribution in [1.82, 2.24) is 0 Å². The molecule has 2 aliphatic rings. The highest BCUT2D eigenvalue weighted by atomic mass is 16.6. The third kappa shape index (κ3) is 1.21. The van der Waals surface area contributed by atoms with Crippen LogP contribution in [0.5, 0.6) is 0 Å². The Morgan fingerprint density at radius 3 is 3.00 bits per heavy atom. The molecule has 2 heteroatoms. The van der Waals surface area contributed by atoms with Crippen molar-refractivity contribution in [2.75, 3.05) is 0 Å². The van der Waals surface area contributed by atoms with E-state index in [1.165, 1.54) is 11.1 Å². The first-order chi connectivity index (χ1) is 7.27. The van der Waals surface area contributed by atoms with E-state index in [0.29, 0.717) is 5.92 Å². The molecule has 0 amide bonds. The first kappa shape index (κ1) is 8.96. The summed E-state index contributed by atoms with van der Waals surface area (Å²) < 4.78 is 5.33. The van der Waals surface area contributed by atoms with Gasteiger partial charge in [0.15, 0.2) is 0 Å². The summed E-state index contributed by atoms with van der Waals surface area (Å²) >= 11 is 0. The minimum absolute atomic E-state index is 0.00458. The first-order valence-electron chi connectivity index (χ1n) is 5.55. The Balaban J connectivity index is 2.09. The summed E-state index contributed by atoms with van der Waals surface area (Å²) in [6.45, 7) is 2.01. The third-order valence-corrected chi connectivity index (χ3v) is 3.72. The number of fused-ring (bicyclic) bond motifs is 3. The van der Waals surface area contributed by atoms with Gasteiger partial charge in [-0.05, 0) is 30.9 Å². The lowest BCUT2D eigenvalue weighted by atomic mass is 9.75. The largest absolute Gasteiger partial charge is 0.462 e. The lowest BCUT2D eigenvalue weighted by molar-refractivity contribution is -0.142. The Kier molecular flexibility index (Phi) is 1.84. The van der Waals surface area contributed by atoms with E-state index < -0.39 is 0 Å². The van der Waals surface area contributed by atoms with Crippen LogP contribution in [0, 0.1) is 5.92 Å². The smallest absolute Gasteiger partial charge is 0.314 e. The van der Waals surface area contributed by atoms with Gasteiger partial charge in [0.25, 0.3) is 0 Å². The van der Waals surface area contributed by atoms with Gasteiger partial charge in [0.2, 0.25) is 0 Å². The maximum absolute atomic E-state index is 11.8. The fraction of sp³-hybridized carbons (Fsp3) is 0.462. The number of carbonyl (C=O) groups is 1. The summed E-state index contributed by atoms with van der Waals surface area (Å²) in [4.78, 5) is 11.8. The summed E-state index contributed by atoms with van der Waals surface area (Å²) in [7, 11) is 0. The number of ether oxygens (including phenoxy) is 1. The highest BCUT2D eigenvalue weighted by Crippen LogP contribution is 2.43. The summed E-state index contributed by atoms with van der Waals surface area (Å²) in [5, 5.41) is 0. The number of esters is 1. The normalized spacial score (nSPS) is 33.1. The average Bonchev–Trinajstić information content (AvgIpc) is 2.55. The minimum Gasteiger partial charge on any atom is -0.462 e. The molecule has 0 radical (unpaired) electrons. The van der Waals surface area contributed by atoms with Gasteiger partial charge in [-0.2, -0.15) is 0 Å². The lowest BCUT2D eigenvalue weighted by Crippen LogP contribution is -2.23. The van der Waals surface area contributed by atoms with Gasteiger partial charge in [-0.3, -0.25) is 4.79 Å². The molecule has 78 valence electrons. The molecule has 0 bridgehead atoms. The topological polar surface area (TPSA) is 26.3 Å². The number of cyclic esters (lactones) is 1. The summed E-state index contributed by atoms with van der Waals surface area (Å²) in [6.07, 6.45) is 2.25. The van der Waals surface area contributed by atoms with Gasteiger partial charge < -0.3 is 4.74 Å². The fourth-order valence-corrected chi connectivity index (χ4v) is 2.94. The van der Waals surface area contributed by atoms with E-state index in [1.807, 2.05) is 19.1 Å². The van der Waals surface area contributed by atoms with E-state index in [9.17, 15) is 4.79 Å². The molecule has 1 aromatic rings. The van der Waals surface area contributed by atoms with Gasteiger partial charge in [-0.15, -0.1) is 0 Å². The Labute approximate surface area is 89.2 Å². The van der Waals surface area contributed by atoms with Crippen molar-refractivity contribution in [2.45, 2.75) is 31.8 Å². The van der Waals surface area contributed by atoms with Crippen molar-refractivity contribution in [3.05, 3.63) is 35.4 Å². The monoisotopic (exact) mass is 202 g/mol. The van der Waals surface area contributed by atoms with Crippen LogP contribution in [0.15, 0.2) is 24.3 Å². The van der Waals surface area contributed by atoms with Crippen molar-refractivity contribution in [3.63, 3.8) is 0 Å². The number of aryl methyl sites for hydroxylation is 1. The second-order valence-electron chi connectivity index (χ2n) is 4.52. The van der Waals surface area contributed by atoms with Crippen LogP contribution in [0.25, 0.3) is 0 Å². The van der Waals surface area contributed by atoms with E-state index >= 15 is 0 Å². The molecule has 0 spiro atoms. The van der Waals surface area contributed by atoms with E-state index in [-0.39, 0.29) is 18.0 Å². The Morgan fingerprint density at radius 2 is 2.13 bits per heavy atom. The summed E-state index contributed by atoms with van der Waals surface area (Å²) in [5.41, 5.74) is 2.52. The summed E-state index contributed by atoms with van der Waals surface area (Å²) in [5.74, 6) is 0.372. The van der Waals surface area contributed by atoms with Crippen LogP contribution < -0.4 is 0 Å². The molecule has 1 fully saturated rings. The van der Waals surface area contributed by atoms with Crippen molar-refractivity contribution >= 4 is 5.97 Å². The number of carbonyl (C=O) groups excluding carboxylic acids is 1. The number of hydrogen-bond donors (Lipinski definition) is 0. The number of benzene rings is 1. The molecular formula is C13H14O2. The molecule has 15 heavy (non-hydrogen) atoms. The first-order valence-corrected chi connectivity index (χ1v) is 5.55. The number of hydrogen-bond acceptors (Lipinski definition) is 2. The summed E-state index contributed by atoms with van der Waals surface area (Å²) in [6, 6.07) is 8.26. The molecule has 3 rings (SSSR count). The second kappa shape index (κ2) is 3.09. The molecule has 0 saturated carbocycles. The predicted molar refractivity (Wildman–Crippen MR) is 56.5 cm³/mol. The fourth-order valence-electron chi connectivity index (χ4n) is 2.94. The maximum Gasteiger partial charge on any atom is 0.314 e. The van der Waals surface area contributed by atoms with Gasteiger partial charge in [-0.25, -0.2) is 0 Å². The predicted octanol–water partition coefficient (Wildman–Crippen LogP) is 2.28. The zero-order valence-corrected chi connectivity index (χ0v) is 8.77. The van der Waals surface area contributed by atoms with Crippen LogP contribution in [0.1, 0.15) is 30.4 Å². The van der Waals surface area contributed by atoms with Crippen molar-refractivity contribution < 1.29 is 9.53 Å². The maximum atomic E-state index is 11.8. The molecule has 1 saturated heterocycles. The SMILES string of the molecule is CC1OC(=O)C2c3ccccc3CCC12. The van der Waals surface area contributed by atoms with E-state index in [2.05, 4.69) is 12.1 Å². The molecule has 3 atom stereocenters. The molecule has 0 N–H and O–H groups in total. The van der Waals surface area contributed by atoms with Crippen LogP contribution in [-0.2, 0) is 16.0 Å². The molecule has 1 aliphatic heterocycles. The molecule has 1 heterocycles. The molecule has 0 aromatic heterocycles. The Hall–Kier alpha value is -1.31. The van der Waals surface area contributed by atoms with E-state index in [4.69, 9.17) is 4.74 Å². The van der Waals surface area contributed by atoms with Crippen LogP contribution in [0.4, 0.5) is 0 Å². The van der Waals surface area contributed by atoms with Gasteiger partial charge in [0.05, 0.1) is 5.92 Å². The van der Waals surface area contributed by atoms with Gasteiger partial charge in [0.1, 0.15) is 6.10 Å². The van der Waals surface area contributed by atoms with Crippen LogP contribution >= 0.6 is 0 Å². The van der Waals surface area contributed by atoms with Crippen molar-refractivity contribution in [2.24, 2.45) is 5.92 Å². The molecule has 1 aliphatic carbocycles. The lowest BCUT2D eigenvalue weighted by Gasteiger charge is -2.26. The van der Waals surface area contributed by atoms with Gasteiger partial charge in [-0.1, -0.05) is 24.3 Å². The quantitative estimate of drug-likeness (QED) is 0.603. The van der Waals surface area contributed by atoms with E-state index in [1.54, 1.807) is 0 Å². The second-order valence-corrected chi connectivity index (χ2v) is 4.52. The standard InChI is InChI=1S/C13H14O2/c1-8-10-7-6-9-4-2-3-5-11(9)12(10)13(14)15-8/h2-5,8,10,12H,6-7H2,1H3. The van der Waals surface area contributed by atoms with Crippen LogP contribution in [-0.4, -0.2) is 12.1 Å². The Morgan fingerprint density at radius 1 is 1.33 bits per heavy atom. The highest BCUT2D eigenvalue weighted by Gasteiger charge is 2.45. The van der Waals surface area contributed by atoms with Crippen LogP contribution in [0.3, 0.4) is 0 Å². The van der Waals surface area contributed by atoms with Crippen LogP contribution in [0.2, 0.25) is 0 Å². The molecular weight excluding hydrogens is 188 g/mol. The molecule has 3 unspecified atom stereocenters. The van der Waals surface area contributed by atoms with Gasteiger partial charge in [0, 0.05) is 5.92 Å². The van der Waals surface area contributed by atoms with E-state index in [0.717, 1.165) is 12.8 Å². The average molecular weight is 202 g/mol. The zero-order valence-electron chi connectivity index (χ0n) is 8.77. The Bertz CT molecular complexity index is 411. The number of rotatable bonds is 0. The molecule has 1 aromatic carbocycles.